The topological polar surface area (TPSA) is 24.5 Å². The van der Waals surface area contributed by atoms with Gasteiger partial charge in [-0.25, -0.2) is 0 Å². The van der Waals surface area contributed by atoms with E-state index >= 15 is 0 Å². The van der Waals surface area contributed by atoms with Crippen LogP contribution in [0.1, 0.15) is 29.5 Å². The Bertz CT molecular complexity index is 476. The minimum Gasteiger partial charge on any atom is -0.493 e. The minimum atomic E-state index is 0.811. The second kappa shape index (κ2) is 6.80. The zero-order valence-corrected chi connectivity index (χ0v) is 13.5. The van der Waals surface area contributed by atoms with Crippen molar-refractivity contribution in [3.63, 3.8) is 0 Å². The van der Waals surface area contributed by atoms with Gasteiger partial charge in [-0.05, 0) is 55.7 Å². The summed E-state index contributed by atoms with van der Waals surface area (Å²) < 4.78 is 6.18. The first-order valence-electron chi connectivity index (χ1n) is 8.39. The van der Waals surface area contributed by atoms with Gasteiger partial charge in [0, 0.05) is 32.7 Å². The van der Waals surface area contributed by atoms with Gasteiger partial charge in [0.2, 0.25) is 0 Å². The zero-order valence-electron chi connectivity index (χ0n) is 13.5. The summed E-state index contributed by atoms with van der Waals surface area (Å²) in [5.74, 6) is 1.97. The first kappa shape index (κ1) is 14.9. The summed E-state index contributed by atoms with van der Waals surface area (Å²) >= 11 is 0. The molecular formula is C18H28N2O. The van der Waals surface area contributed by atoms with E-state index in [1.807, 2.05) is 0 Å². The maximum Gasteiger partial charge on any atom is 0.125 e. The fourth-order valence-electron chi connectivity index (χ4n) is 2.94. The van der Waals surface area contributed by atoms with Gasteiger partial charge in [-0.15, -0.1) is 0 Å². The van der Waals surface area contributed by atoms with Crippen LogP contribution in [0.2, 0.25) is 0 Å². The molecule has 0 aromatic heterocycles. The molecule has 1 aliphatic heterocycles. The van der Waals surface area contributed by atoms with Gasteiger partial charge in [-0.1, -0.05) is 12.1 Å². The molecule has 1 saturated carbocycles. The van der Waals surface area contributed by atoms with E-state index in [1.54, 1.807) is 0 Å². The van der Waals surface area contributed by atoms with Crippen LogP contribution in [0.4, 0.5) is 0 Å². The molecular weight excluding hydrogens is 260 g/mol. The fourth-order valence-corrected chi connectivity index (χ4v) is 2.94. The number of ether oxygens (including phenoxy) is 1. The Morgan fingerprint density at radius 2 is 1.95 bits per heavy atom. The second-order valence-electron chi connectivity index (χ2n) is 6.59. The summed E-state index contributed by atoms with van der Waals surface area (Å²) in [5.41, 5.74) is 4.05. The molecule has 1 saturated heterocycles. The second-order valence-corrected chi connectivity index (χ2v) is 6.59. The highest BCUT2D eigenvalue weighted by molar-refractivity contribution is 5.45. The molecule has 3 nitrogen and oxygen atoms in total. The lowest BCUT2D eigenvalue weighted by Gasteiger charge is -2.27. The Labute approximate surface area is 128 Å². The van der Waals surface area contributed by atoms with E-state index in [9.17, 15) is 0 Å². The molecule has 1 N–H and O–H groups in total. The Balaban J connectivity index is 1.65. The highest BCUT2D eigenvalue weighted by Gasteiger charge is 2.23. The average Bonchev–Trinajstić information content (AvgIpc) is 3.33. The monoisotopic (exact) mass is 288 g/mol. The van der Waals surface area contributed by atoms with Gasteiger partial charge in [0.05, 0.1) is 6.61 Å². The van der Waals surface area contributed by atoms with Gasteiger partial charge in [-0.2, -0.15) is 0 Å². The van der Waals surface area contributed by atoms with E-state index in [1.165, 1.54) is 42.6 Å². The maximum atomic E-state index is 6.18. The van der Waals surface area contributed by atoms with E-state index in [0.29, 0.717) is 0 Å². The summed E-state index contributed by atoms with van der Waals surface area (Å²) in [6, 6.07) is 4.51. The number of nitrogens with zero attached hydrogens (tertiary/aromatic N) is 1. The van der Waals surface area contributed by atoms with Crippen LogP contribution in [-0.2, 0) is 6.42 Å². The third-order valence-corrected chi connectivity index (χ3v) is 4.83. The van der Waals surface area contributed by atoms with Crippen LogP contribution in [0, 0.1) is 19.8 Å². The molecule has 3 rings (SSSR count). The van der Waals surface area contributed by atoms with Crippen molar-refractivity contribution in [3.05, 3.63) is 28.8 Å². The van der Waals surface area contributed by atoms with Gasteiger partial charge < -0.3 is 15.0 Å². The Kier molecular flexibility index (Phi) is 4.81. The molecule has 0 bridgehead atoms. The SMILES string of the molecule is Cc1ccc(CCN2CCNCC2)c(OCC2CC2)c1C. The number of piperazine rings is 1. The molecule has 0 amide bonds. The van der Waals surface area contributed by atoms with Gasteiger partial charge in [0.15, 0.2) is 0 Å². The van der Waals surface area contributed by atoms with Crippen LogP contribution in [-0.4, -0.2) is 44.2 Å². The van der Waals surface area contributed by atoms with Gasteiger partial charge in [0.25, 0.3) is 0 Å². The Morgan fingerprint density at radius 3 is 2.67 bits per heavy atom. The summed E-state index contributed by atoms with van der Waals surface area (Å²) in [4.78, 5) is 2.55. The summed E-state index contributed by atoms with van der Waals surface area (Å²) in [7, 11) is 0. The van der Waals surface area contributed by atoms with Crippen molar-refractivity contribution in [3.8, 4) is 5.75 Å². The number of rotatable bonds is 6. The van der Waals surface area contributed by atoms with Crippen LogP contribution in [0.3, 0.4) is 0 Å². The van der Waals surface area contributed by atoms with Gasteiger partial charge >= 0.3 is 0 Å². The molecule has 1 aromatic carbocycles. The van der Waals surface area contributed by atoms with Crippen molar-refractivity contribution in [1.29, 1.82) is 0 Å². The fraction of sp³-hybridized carbons (Fsp3) is 0.667. The molecule has 1 aromatic rings. The standard InChI is InChI=1S/C18H28N2O/c1-14-3-6-17(7-10-20-11-8-19-9-12-20)18(15(14)2)21-13-16-4-5-16/h3,6,16,19H,4-5,7-13H2,1-2H3. The summed E-state index contributed by atoms with van der Waals surface area (Å²) in [6.45, 7) is 11.0. The molecule has 2 fully saturated rings. The smallest absolute Gasteiger partial charge is 0.125 e. The summed E-state index contributed by atoms with van der Waals surface area (Å²) in [5, 5.41) is 3.41. The van der Waals surface area contributed by atoms with E-state index < -0.39 is 0 Å². The third-order valence-electron chi connectivity index (χ3n) is 4.83. The normalized spacial score (nSPS) is 19.7. The predicted molar refractivity (Wildman–Crippen MR) is 87.1 cm³/mol. The third kappa shape index (κ3) is 3.98. The number of benzene rings is 1. The van der Waals surface area contributed by atoms with Crippen molar-refractivity contribution in [2.45, 2.75) is 33.1 Å². The van der Waals surface area contributed by atoms with Crippen LogP contribution in [0.15, 0.2) is 12.1 Å². The first-order chi connectivity index (χ1) is 10.2. The van der Waals surface area contributed by atoms with Crippen LogP contribution in [0.25, 0.3) is 0 Å². The number of hydrogen-bond donors (Lipinski definition) is 1. The molecule has 116 valence electrons. The maximum absolute atomic E-state index is 6.18. The summed E-state index contributed by atoms with van der Waals surface area (Å²) in [6.07, 6.45) is 3.79. The van der Waals surface area contributed by atoms with E-state index in [4.69, 9.17) is 4.74 Å². The molecule has 21 heavy (non-hydrogen) atoms. The lowest BCUT2D eigenvalue weighted by Crippen LogP contribution is -2.44. The van der Waals surface area contributed by atoms with Gasteiger partial charge in [-0.3, -0.25) is 0 Å². The van der Waals surface area contributed by atoms with Crippen molar-refractivity contribution in [2.75, 3.05) is 39.3 Å². The molecule has 1 aliphatic carbocycles. The van der Waals surface area contributed by atoms with Gasteiger partial charge in [0.1, 0.15) is 5.75 Å². The predicted octanol–water partition coefficient (Wildman–Crippen LogP) is 2.54. The number of hydrogen-bond acceptors (Lipinski definition) is 3. The van der Waals surface area contributed by atoms with Crippen molar-refractivity contribution >= 4 is 0 Å². The quantitative estimate of drug-likeness (QED) is 0.870. The first-order valence-corrected chi connectivity index (χ1v) is 8.39. The lowest BCUT2D eigenvalue weighted by molar-refractivity contribution is 0.241. The highest BCUT2D eigenvalue weighted by atomic mass is 16.5. The lowest BCUT2D eigenvalue weighted by atomic mass is 10.0. The Morgan fingerprint density at radius 1 is 1.19 bits per heavy atom. The van der Waals surface area contributed by atoms with Crippen LogP contribution >= 0.6 is 0 Å². The molecule has 0 unspecified atom stereocenters. The number of nitrogens with one attached hydrogen (secondary N) is 1. The zero-order chi connectivity index (χ0) is 14.7. The number of aryl methyl sites for hydroxylation is 1. The Hall–Kier alpha value is -1.06. The van der Waals surface area contributed by atoms with E-state index in [2.05, 4.69) is 36.2 Å². The highest BCUT2D eigenvalue weighted by Crippen LogP contribution is 2.32. The van der Waals surface area contributed by atoms with Crippen molar-refractivity contribution < 1.29 is 4.74 Å². The van der Waals surface area contributed by atoms with Crippen molar-refractivity contribution in [2.24, 2.45) is 5.92 Å². The minimum absolute atomic E-state index is 0.811. The molecule has 0 atom stereocenters. The van der Waals surface area contributed by atoms with E-state index in [0.717, 1.165) is 44.3 Å². The van der Waals surface area contributed by atoms with Crippen molar-refractivity contribution in [1.82, 2.24) is 10.2 Å². The largest absolute Gasteiger partial charge is 0.493 e. The molecule has 0 spiro atoms. The molecule has 0 radical (unpaired) electrons. The average molecular weight is 288 g/mol. The molecule has 2 aliphatic rings. The van der Waals surface area contributed by atoms with Crippen LogP contribution < -0.4 is 10.1 Å². The van der Waals surface area contributed by atoms with E-state index in [-0.39, 0.29) is 0 Å². The molecule has 1 heterocycles. The molecule has 3 heteroatoms. The van der Waals surface area contributed by atoms with Crippen LogP contribution in [0.5, 0.6) is 5.75 Å².